The average Bonchev–Trinajstić information content (AvgIpc) is 2.46. The Morgan fingerprint density at radius 3 is 2.48 bits per heavy atom. The molecule has 0 amide bonds. The third kappa shape index (κ3) is 6.37. The van der Waals surface area contributed by atoms with Crippen molar-refractivity contribution in [2.45, 2.75) is 46.6 Å². The lowest BCUT2D eigenvalue weighted by atomic mass is 9.81. The van der Waals surface area contributed by atoms with E-state index < -0.39 is 0 Å². The van der Waals surface area contributed by atoms with Gasteiger partial charge in [0.2, 0.25) is 0 Å². The molecule has 0 saturated carbocycles. The van der Waals surface area contributed by atoms with Gasteiger partial charge in [-0.05, 0) is 56.0 Å². The molecule has 1 aromatic carbocycles. The van der Waals surface area contributed by atoms with Crippen molar-refractivity contribution in [1.82, 2.24) is 10.2 Å². The van der Waals surface area contributed by atoms with E-state index in [2.05, 4.69) is 50.2 Å². The quantitative estimate of drug-likeness (QED) is 0.636. The smallest absolute Gasteiger partial charge is 0.0409 e. The molecular formula is C18H31ClN2. The maximum atomic E-state index is 6.07. The van der Waals surface area contributed by atoms with Crippen LogP contribution in [0.3, 0.4) is 0 Å². The van der Waals surface area contributed by atoms with Gasteiger partial charge in [-0.2, -0.15) is 0 Å². The van der Waals surface area contributed by atoms with Crippen LogP contribution in [0, 0.1) is 5.41 Å². The topological polar surface area (TPSA) is 15.3 Å². The van der Waals surface area contributed by atoms with Crippen molar-refractivity contribution in [2.75, 3.05) is 26.7 Å². The summed E-state index contributed by atoms with van der Waals surface area (Å²) in [6.45, 7) is 11.1. The highest BCUT2D eigenvalue weighted by Gasteiger charge is 2.27. The minimum absolute atomic E-state index is 0.364. The highest BCUT2D eigenvalue weighted by atomic mass is 35.5. The van der Waals surface area contributed by atoms with Crippen LogP contribution in [0.2, 0.25) is 5.02 Å². The normalized spacial score (nSPS) is 12.1. The van der Waals surface area contributed by atoms with Crippen LogP contribution in [0.5, 0.6) is 0 Å². The fraction of sp³-hybridized carbons (Fsp3) is 0.667. The Kier molecular flexibility index (Phi) is 8.31. The van der Waals surface area contributed by atoms with Gasteiger partial charge in [0.25, 0.3) is 0 Å². The van der Waals surface area contributed by atoms with Crippen molar-refractivity contribution in [2.24, 2.45) is 5.41 Å². The number of hydrogen-bond acceptors (Lipinski definition) is 2. The van der Waals surface area contributed by atoms with Crippen molar-refractivity contribution in [3.05, 3.63) is 34.9 Å². The molecule has 1 N–H and O–H groups in total. The molecule has 0 fully saturated rings. The molecule has 1 aromatic rings. The molecule has 0 unspecified atom stereocenters. The van der Waals surface area contributed by atoms with E-state index in [4.69, 9.17) is 11.6 Å². The molecule has 0 bridgehead atoms. The second-order valence-electron chi connectivity index (χ2n) is 6.19. The molecular weight excluding hydrogens is 280 g/mol. The number of benzene rings is 1. The van der Waals surface area contributed by atoms with Gasteiger partial charge < -0.3 is 10.2 Å². The monoisotopic (exact) mass is 310 g/mol. The molecule has 2 nitrogen and oxygen atoms in total. The number of nitrogens with zero attached hydrogens (tertiary/aromatic N) is 1. The van der Waals surface area contributed by atoms with Crippen LogP contribution in [0.25, 0.3) is 0 Å². The number of halogens is 1. The van der Waals surface area contributed by atoms with Crippen molar-refractivity contribution < 1.29 is 0 Å². The summed E-state index contributed by atoms with van der Waals surface area (Å²) in [5.74, 6) is 0. The molecule has 0 atom stereocenters. The lowest BCUT2D eigenvalue weighted by Gasteiger charge is -2.36. The first-order valence-corrected chi connectivity index (χ1v) is 8.56. The summed E-state index contributed by atoms with van der Waals surface area (Å²) in [6, 6.07) is 8.17. The van der Waals surface area contributed by atoms with E-state index >= 15 is 0 Å². The van der Waals surface area contributed by atoms with E-state index in [1.807, 2.05) is 12.1 Å². The van der Waals surface area contributed by atoms with Gasteiger partial charge in [-0.3, -0.25) is 0 Å². The van der Waals surface area contributed by atoms with E-state index in [0.29, 0.717) is 5.41 Å². The van der Waals surface area contributed by atoms with Crippen molar-refractivity contribution in [3.63, 3.8) is 0 Å². The Bertz CT molecular complexity index is 402. The molecule has 120 valence electrons. The van der Waals surface area contributed by atoms with E-state index in [1.54, 1.807) is 0 Å². The predicted molar refractivity (Wildman–Crippen MR) is 94.0 cm³/mol. The summed E-state index contributed by atoms with van der Waals surface area (Å²) in [5.41, 5.74) is 1.65. The summed E-state index contributed by atoms with van der Waals surface area (Å²) in [7, 11) is 2.21. The molecule has 0 aliphatic heterocycles. The molecule has 0 aliphatic carbocycles. The zero-order valence-electron chi connectivity index (χ0n) is 14.1. The molecule has 1 rings (SSSR count). The van der Waals surface area contributed by atoms with Gasteiger partial charge in [0, 0.05) is 24.7 Å². The Labute approximate surface area is 135 Å². The van der Waals surface area contributed by atoms with E-state index in [-0.39, 0.29) is 0 Å². The van der Waals surface area contributed by atoms with Crippen molar-refractivity contribution in [1.29, 1.82) is 0 Å². The van der Waals surface area contributed by atoms with Gasteiger partial charge in [-0.1, -0.05) is 44.5 Å². The first-order valence-electron chi connectivity index (χ1n) is 8.19. The van der Waals surface area contributed by atoms with Gasteiger partial charge in [0.1, 0.15) is 0 Å². The summed E-state index contributed by atoms with van der Waals surface area (Å²) >= 11 is 6.07. The fourth-order valence-electron chi connectivity index (χ4n) is 2.89. The Morgan fingerprint density at radius 1 is 1.19 bits per heavy atom. The molecule has 21 heavy (non-hydrogen) atoms. The average molecular weight is 311 g/mol. The first-order chi connectivity index (χ1) is 10.0. The van der Waals surface area contributed by atoms with Crippen molar-refractivity contribution in [3.8, 4) is 0 Å². The second kappa shape index (κ2) is 9.45. The summed E-state index contributed by atoms with van der Waals surface area (Å²) < 4.78 is 0. The van der Waals surface area contributed by atoms with E-state index in [0.717, 1.165) is 31.2 Å². The zero-order chi connectivity index (χ0) is 15.7. The third-order valence-corrected chi connectivity index (χ3v) is 4.61. The predicted octanol–water partition coefficient (Wildman–Crippen LogP) is 4.58. The molecule has 3 heteroatoms. The van der Waals surface area contributed by atoms with Gasteiger partial charge in [0.05, 0.1) is 0 Å². The van der Waals surface area contributed by atoms with E-state index in [9.17, 15) is 0 Å². The number of rotatable bonds is 10. The number of nitrogens with one attached hydrogen (secondary N) is 1. The largest absolute Gasteiger partial charge is 0.316 e. The van der Waals surface area contributed by atoms with Crippen LogP contribution < -0.4 is 5.32 Å². The lowest BCUT2D eigenvalue weighted by Crippen LogP contribution is -2.42. The van der Waals surface area contributed by atoms with Gasteiger partial charge in [0.15, 0.2) is 0 Å². The van der Waals surface area contributed by atoms with Crippen LogP contribution in [0.4, 0.5) is 0 Å². The van der Waals surface area contributed by atoms with Crippen LogP contribution in [0.1, 0.15) is 45.6 Å². The molecule has 0 heterocycles. The molecule has 0 spiro atoms. The second-order valence-corrected chi connectivity index (χ2v) is 6.62. The minimum Gasteiger partial charge on any atom is -0.316 e. The summed E-state index contributed by atoms with van der Waals surface area (Å²) in [6.07, 6.45) is 3.61. The van der Waals surface area contributed by atoms with E-state index in [1.165, 1.54) is 24.8 Å². The van der Waals surface area contributed by atoms with Gasteiger partial charge in [-0.25, -0.2) is 0 Å². The maximum Gasteiger partial charge on any atom is 0.0409 e. The maximum absolute atomic E-state index is 6.07. The summed E-state index contributed by atoms with van der Waals surface area (Å²) in [4.78, 5) is 2.42. The number of hydrogen-bond donors (Lipinski definition) is 1. The Balaban J connectivity index is 2.60. The minimum atomic E-state index is 0.364. The van der Waals surface area contributed by atoms with Gasteiger partial charge >= 0.3 is 0 Å². The summed E-state index contributed by atoms with van der Waals surface area (Å²) in [5, 5.41) is 4.43. The van der Waals surface area contributed by atoms with Gasteiger partial charge in [-0.15, -0.1) is 0 Å². The zero-order valence-corrected chi connectivity index (χ0v) is 14.8. The highest BCUT2D eigenvalue weighted by Crippen LogP contribution is 2.27. The van der Waals surface area contributed by atoms with Crippen LogP contribution in [-0.2, 0) is 6.54 Å². The van der Waals surface area contributed by atoms with Crippen LogP contribution >= 0.6 is 11.6 Å². The van der Waals surface area contributed by atoms with Crippen LogP contribution in [0.15, 0.2) is 24.3 Å². The Hall–Kier alpha value is -0.570. The SMILES string of the molecule is CCCNCC(CC)(CC)CN(C)Cc1cccc(Cl)c1. The standard InChI is InChI=1S/C18H31ClN2/c1-5-11-20-14-18(6-2,7-3)15-21(4)13-16-9-8-10-17(19)12-16/h8-10,12,20H,5-7,11,13-15H2,1-4H3. The molecule has 0 aliphatic rings. The third-order valence-electron chi connectivity index (χ3n) is 4.37. The first kappa shape index (κ1) is 18.5. The molecule has 0 aromatic heterocycles. The molecule has 0 saturated heterocycles. The molecule has 0 radical (unpaired) electrons. The van der Waals surface area contributed by atoms with Crippen LogP contribution in [-0.4, -0.2) is 31.6 Å². The highest BCUT2D eigenvalue weighted by molar-refractivity contribution is 6.30. The fourth-order valence-corrected chi connectivity index (χ4v) is 3.10. The van der Waals surface area contributed by atoms with Crippen molar-refractivity contribution >= 4 is 11.6 Å². The lowest BCUT2D eigenvalue weighted by molar-refractivity contribution is 0.151. The Morgan fingerprint density at radius 2 is 1.90 bits per heavy atom.